The van der Waals surface area contributed by atoms with Gasteiger partial charge in [-0.25, -0.2) is 0 Å². The summed E-state index contributed by atoms with van der Waals surface area (Å²) in [6, 6.07) is 4.31. The second-order valence-electron chi connectivity index (χ2n) is 5.05. The first-order chi connectivity index (χ1) is 9.89. The van der Waals surface area contributed by atoms with Crippen LogP contribution in [0.2, 0.25) is 0 Å². The Bertz CT molecular complexity index is 577. The van der Waals surface area contributed by atoms with E-state index in [1.807, 2.05) is 0 Å². The molecule has 8 heteroatoms. The summed E-state index contributed by atoms with van der Waals surface area (Å²) >= 11 is 3.20. The number of benzene rings is 1. The summed E-state index contributed by atoms with van der Waals surface area (Å²) in [4.78, 5) is 22.1. The summed E-state index contributed by atoms with van der Waals surface area (Å²) in [5.74, 6) is -0.0169. The van der Waals surface area contributed by atoms with E-state index in [0.29, 0.717) is 10.2 Å². The van der Waals surface area contributed by atoms with Gasteiger partial charge in [0.1, 0.15) is 17.9 Å². The van der Waals surface area contributed by atoms with E-state index in [2.05, 4.69) is 21.2 Å². The summed E-state index contributed by atoms with van der Waals surface area (Å²) < 4.78 is 6.13. The van der Waals surface area contributed by atoms with E-state index in [1.165, 1.54) is 12.1 Å². The second-order valence-corrected chi connectivity index (χ2v) is 5.97. The van der Waals surface area contributed by atoms with E-state index in [4.69, 9.17) is 10.5 Å². The normalized spacial score (nSPS) is 17.0. The molecule has 0 saturated heterocycles. The molecule has 0 aliphatic heterocycles. The number of carbonyl (C=O) groups excluding carboxylic acids is 1. The van der Waals surface area contributed by atoms with Crippen molar-refractivity contribution in [3.8, 4) is 5.75 Å². The Hall–Kier alpha value is -1.67. The van der Waals surface area contributed by atoms with E-state index in [-0.39, 0.29) is 18.2 Å². The lowest BCUT2D eigenvalue weighted by molar-refractivity contribution is -0.385. The lowest BCUT2D eigenvalue weighted by atomic mass is 9.93. The van der Waals surface area contributed by atoms with Crippen molar-refractivity contribution in [1.82, 2.24) is 5.32 Å². The number of non-ortho nitro benzene ring substituents is 1. The van der Waals surface area contributed by atoms with Crippen LogP contribution < -0.4 is 15.8 Å². The van der Waals surface area contributed by atoms with Crippen LogP contribution in [0.25, 0.3) is 0 Å². The molecule has 1 unspecified atom stereocenters. The molecule has 21 heavy (non-hydrogen) atoms. The number of ether oxygens (including phenoxy) is 1. The van der Waals surface area contributed by atoms with Crippen molar-refractivity contribution in [3.63, 3.8) is 0 Å². The Balaban J connectivity index is 2.18. The van der Waals surface area contributed by atoms with Crippen molar-refractivity contribution >= 4 is 27.5 Å². The molecule has 0 bridgehead atoms. The molecule has 0 radical (unpaired) electrons. The summed E-state index contributed by atoms with van der Waals surface area (Å²) in [5.41, 5.74) is 4.48. The minimum Gasteiger partial charge on any atom is -0.491 e. The fourth-order valence-electron chi connectivity index (χ4n) is 2.30. The zero-order valence-corrected chi connectivity index (χ0v) is 13.1. The van der Waals surface area contributed by atoms with Crippen molar-refractivity contribution in [3.05, 3.63) is 32.8 Å². The average molecular weight is 358 g/mol. The van der Waals surface area contributed by atoms with Gasteiger partial charge < -0.3 is 15.8 Å². The van der Waals surface area contributed by atoms with Crippen molar-refractivity contribution in [2.45, 2.75) is 18.4 Å². The predicted molar refractivity (Wildman–Crippen MR) is 80.0 cm³/mol. The number of hydrogen-bond donors (Lipinski definition) is 2. The van der Waals surface area contributed by atoms with E-state index in [9.17, 15) is 14.9 Å². The van der Waals surface area contributed by atoms with Gasteiger partial charge in [0.15, 0.2) is 0 Å². The fourth-order valence-corrected chi connectivity index (χ4v) is 2.76. The monoisotopic (exact) mass is 357 g/mol. The Labute approximate surface area is 130 Å². The minimum absolute atomic E-state index is 0.0388. The third-order valence-electron chi connectivity index (χ3n) is 3.69. The van der Waals surface area contributed by atoms with E-state index < -0.39 is 16.4 Å². The molecule has 0 aromatic heterocycles. The van der Waals surface area contributed by atoms with E-state index in [1.54, 1.807) is 13.1 Å². The largest absolute Gasteiger partial charge is 0.491 e. The van der Waals surface area contributed by atoms with Crippen molar-refractivity contribution in [1.29, 1.82) is 0 Å². The number of nitrogens with two attached hydrogens (primary N) is 1. The highest BCUT2D eigenvalue weighted by molar-refractivity contribution is 9.10. The molecule has 1 aromatic rings. The molecule has 2 rings (SSSR count). The number of halogens is 1. The maximum atomic E-state index is 11.8. The smallest absolute Gasteiger partial charge is 0.274 e. The molecule has 1 aliphatic carbocycles. The molecule has 1 saturated carbocycles. The number of primary amides is 1. The van der Waals surface area contributed by atoms with E-state index in [0.717, 1.165) is 12.8 Å². The zero-order valence-electron chi connectivity index (χ0n) is 11.5. The van der Waals surface area contributed by atoms with Crippen molar-refractivity contribution in [2.24, 2.45) is 11.7 Å². The van der Waals surface area contributed by atoms with Gasteiger partial charge in [-0.1, -0.05) is 15.9 Å². The first-order valence-electron chi connectivity index (χ1n) is 6.45. The van der Waals surface area contributed by atoms with Gasteiger partial charge in [0.25, 0.3) is 5.69 Å². The third-order valence-corrected chi connectivity index (χ3v) is 4.15. The number of carbonyl (C=O) groups is 1. The van der Waals surface area contributed by atoms with Gasteiger partial charge in [-0.2, -0.15) is 0 Å². The second kappa shape index (κ2) is 5.98. The summed E-state index contributed by atoms with van der Waals surface area (Å²) in [5, 5.41) is 13.8. The summed E-state index contributed by atoms with van der Waals surface area (Å²) in [7, 11) is 1.66. The molecule has 1 fully saturated rings. The quantitative estimate of drug-likeness (QED) is 0.569. The molecule has 1 atom stereocenters. The van der Waals surface area contributed by atoms with Crippen LogP contribution in [0.3, 0.4) is 0 Å². The molecule has 1 amide bonds. The van der Waals surface area contributed by atoms with Crippen molar-refractivity contribution < 1.29 is 14.5 Å². The van der Waals surface area contributed by atoms with Gasteiger partial charge in [-0.15, -0.1) is 0 Å². The van der Waals surface area contributed by atoms with Crippen LogP contribution in [0.1, 0.15) is 12.8 Å². The zero-order chi connectivity index (χ0) is 15.6. The Kier molecular flexibility index (Phi) is 4.48. The van der Waals surface area contributed by atoms with Gasteiger partial charge in [0.05, 0.1) is 11.0 Å². The van der Waals surface area contributed by atoms with Crippen LogP contribution in [-0.4, -0.2) is 30.0 Å². The van der Waals surface area contributed by atoms with Crippen LogP contribution in [-0.2, 0) is 4.79 Å². The number of nitrogens with one attached hydrogen (secondary N) is 1. The Morgan fingerprint density at radius 2 is 2.24 bits per heavy atom. The molecule has 1 aliphatic rings. The maximum absolute atomic E-state index is 11.8. The van der Waals surface area contributed by atoms with Crippen LogP contribution in [0.5, 0.6) is 5.75 Å². The number of rotatable bonds is 7. The Morgan fingerprint density at radius 1 is 1.57 bits per heavy atom. The Morgan fingerprint density at radius 3 is 2.71 bits per heavy atom. The molecule has 1 aromatic carbocycles. The first kappa shape index (κ1) is 15.7. The molecule has 7 nitrogen and oxygen atoms in total. The highest BCUT2D eigenvalue weighted by Gasteiger charge is 2.49. The SMILES string of the molecule is CNC(COc1cc(Br)cc([N+](=O)[O-])c1)(C(N)=O)C1CC1. The lowest BCUT2D eigenvalue weighted by Gasteiger charge is -2.30. The highest BCUT2D eigenvalue weighted by atomic mass is 79.9. The lowest BCUT2D eigenvalue weighted by Crippen LogP contribution is -2.59. The van der Waals surface area contributed by atoms with Crippen molar-refractivity contribution in [2.75, 3.05) is 13.7 Å². The number of nitro groups is 1. The number of hydrogen-bond acceptors (Lipinski definition) is 5. The fraction of sp³-hybridized carbons (Fsp3) is 0.462. The number of nitro benzene ring substituents is 1. The van der Waals surface area contributed by atoms with Crippen LogP contribution >= 0.6 is 15.9 Å². The first-order valence-corrected chi connectivity index (χ1v) is 7.25. The van der Waals surface area contributed by atoms with Crippen LogP contribution in [0, 0.1) is 16.0 Å². The molecule has 0 heterocycles. The predicted octanol–water partition coefficient (Wildman–Crippen LogP) is 1.59. The third kappa shape index (κ3) is 3.33. The average Bonchev–Trinajstić information content (AvgIpc) is 3.24. The number of nitrogens with zero attached hydrogens (tertiary/aromatic N) is 1. The highest BCUT2D eigenvalue weighted by Crippen LogP contribution is 2.40. The molecule has 0 spiro atoms. The topological polar surface area (TPSA) is 107 Å². The summed E-state index contributed by atoms with van der Waals surface area (Å²) in [6.45, 7) is 0.0388. The molecule has 114 valence electrons. The van der Waals surface area contributed by atoms with Gasteiger partial charge in [0.2, 0.25) is 5.91 Å². The number of likely N-dealkylation sites (N-methyl/N-ethyl adjacent to an activating group) is 1. The van der Waals surface area contributed by atoms with E-state index >= 15 is 0 Å². The van der Waals surface area contributed by atoms with Gasteiger partial charge in [-0.3, -0.25) is 14.9 Å². The molecular weight excluding hydrogens is 342 g/mol. The standard InChI is InChI=1S/C13H16BrN3O4/c1-16-13(12(15)18,8-2-3-8)7-21-11-5-9(14)4-10(6-11)17(19)20/h4-6,8,16H,2-3,7H2,1H3,(H2,15,18). The summed E-state index contributed by atoms with van der Waals surface area (Å²) in [6.07, 6.45) is 1.82. The number of amides is 1. The van der Waals surface area contributed by atoms with Gasteiger partial charge in [0, 0.05) is 10.5 Å². The van der Waals surface area contributed by atoms with Crippen LogP contribution in [0.15, 0.2) is 22.7 Å². The maximum Gasteiger partial charge on any atom is 0.274 e. The van der Waals surface area contributed by atoms with Gasteiger partial charge >= 0.3 is 0 Å². The van der Waals surface area contributed by atoms with Gasteiger partial charge in [-0.05, 0) is 31.9 Å². The van der Waals surface area contributed by atoms with Crippen LogP contribution in [0.4, 0.5) is 5.69 Å². The molecule has 3 N–H and O–H groups in total. The molecular formula is C13H16BrN3O4. The minimum atomic E-state index is -0.933.